The molecular formula is C8H12O3. The van der Waals surface area contributed by atoms with Gasteiger partial charge in [0.05, 0.1) is 0 Å². The van der Waals surface area contributed by atoms with Crippen molar-refractivity contribution >= 4 is 11.8 Å². The van der Waals surface area contributed by atoms with Crippen LogP contribution in [0.2, 0.25) is 0 Å². The molecule has 1 atom stereocenters. The Hall–Kier alpha value is -0.860. The van der Waals surface area contributed by atoms with Crippen LogP contribution < -0.4 is 0 Å². The lowest BCUT2D eigenvalue weighted by Gasteiger charge is -2.24. The van der Waals surface area contributed by atoms with Crippen LogP contribution >= 0.6 is 0 Å². The van der Waals surface area contributed by atoms with Gasteiger partial charge in [-0.15, -0.1) is 0 Å². The van der Waals surface area contributed by atoms with Gasteiger partial charge in [-0.1, -0.05) is 13.8 Å². The number of hydrogen-bond donors (Lipinski definition) is 0. The third kappa shape index (κ3) is 2.03. The topological polar surface area (TPSA) is 43.4 Å². The van der Waals surface area contributed by atoms with Crippen molar-refractivity contribution in [3.8, 4) is 0 Å². The molecule has 0 N–H and O–H groups in total. The van der Waals surface area contributed by atoms with Crippen molar-refractivity contribution in [1.29, 1.82) is 0 Å². The summed E-state index contributed by atoms with van der Waals surface area (Å²) in [5, 5.41) is 0. The van der Waals surface area contributed by atoms with Crippen LogP contribution in [0.25, 0.3) is 0 Å². The van der Waals surface area contributed by atoms with E-state index in [-0.39, 0.29) is 30.2 Å². The summed E-state index contributed by atoms with van der Waals surface area (Å²) < 4.78 is 4.96. The van der Waals surface area contributed by atoms with Gasteiger partial charge in [-0.25, -0.2) is 0 Å². The van der Waals surface area contributed by atoms with Crippen molar-refractivity contribution in [1.82, 2.24) is 0 Å². The number of cyclic esters (lactones) is 1. The minimum Gasteiger partial charge on any atom is -0.461 e. The molecule has 1 saturated heterocycles. The van der Waals surface area contributed by atoms with Crippen LogP contribution in [-0.4, -0.2) is 17.9 Å². The Morgan fingerprint density at radius 1 is 1.45 bits per heavy atom. The van der Waals surface area contributed by atoms with Gasteiger partial charge in [-0.2, -0.15) is 0 Å². The molecule has 1 unspecified atom stereocenters. The van der Waals surface area contributed by atoms with Gasteiger partial charge in [0.2, 0.25) is 0 Å². The number of Topliss-reactive ketones (excluding diaryl/α,β-unsaturated/α-hetero) is 1. The highest BCUT2D eigenvalue weighted by Gasteiger charge is 2.28. The van der Waals surface area contributed by atoms with Crippen LogP contribution in [0.4, 0.5) is 0 Å². The SMILES string of the molecule is CC(C)C1CC(=O)CC(=O)O1. The first-order valence-corrected chi connectivity index (χ1v) is 3.81. The van der Waals surface area contributed by atoms with Crippen molar-refractivity contribution in [3.05, 3.63) is 0 Å². The second-order valence-corrected chi connectivity index (χ2v) is 3.19. The third-order valence-electron chi connectivity index (χ3n) is 1.80. The summed E-state index contributed by atoms with van der Waals surface area (Å²) in [4.78, 5) is 21.6. The lowest BCUT2D eigenvalue weighted by atomic mass is 9.98. The number of esters is 1. The summed E-state index contributed by atoms with van der Waals surface area (Å²) >= 11 is 0. The molecule has 1 fully saturated rings. The summed E-state index contributed by atoms with van der Waals surface area (Å²) in [5.41, 5.74) is 0. The second kappa shape index (κ2) is 3.03. The van der Waals surface area contributed by atoms with Crippen molar-refractivity contribution < 1.29 is 14.3 Å². The van der Waals surface area contributed by atoms with Crippen molar-refractivity contribution in [3.63, 3.8) is 0 Å². The molecule has 0 aromatic rings. The van der Waals surface area contributed by atoms with Gasteiger partial charge in [0, 0.05) is 6.42 Å². The monoisotopic (exact) mass is 156 g/mol. The molecule has 0 amide bonds. The molecule has 1 rings (SSSR count). The number of ether oxygens (including phenoxy) is 1. The van der Waals surface area contributed by atoms with E-state index in [9.17, 15) is 9.59 Å². The molecule has 0 spiro atoms. The Balaban J connectivity index is 2.56. The molecule has 3 heteroatoms. The van der Waals surface area contributed by atoms with Gasteiger partial charge in [-0.3, -0.25) is 9.59 Å². The molecule has 0 saturated carbocycles. The van der Waals surface area contributed by atoms with Crippen molar-refractivity contribution in [2.24, 2.45) is 5.92 Å². The molecule has 0 bridgehead atoms. The number of rotatable bonds is 1. The Labute approximate surface area is 65.7 Å². The minimum atomic E-state index is -0.375. The maximum atomic E-state index is 10.9. The van der Waals surface area contributed by atoms with E-state index in [0.29, 0.717) is 6.42 Å². The number of carbonyl (C=O) groups is 2. The van der Waals surface area contributed by atoms with Crippen LogP contribution in [0.15, 0.2) is 0 Å². The Morgan fingerprint density at radius 3 is 2.55 bits per heavy atom. The van der Waals surface area contributed by atoms with Crippen LogP contribution in [0.5, 0.6) is 0 Å². The average Bonchev–Trinajstić information content (AvgIpc) is 1.85. The first kappa shape index (κ1) is 8.24. The first-order chi connectivity index (χ1) is 5.09. The molecule has 0 radical (unpaired) electrons. The van der Waals surface area contributed by atoms with Crippen LogP contribution in [-0.2, 0) is 14.3 Å². The third-order valence-corrected chi connectivity index (χ3v) is 1.80. The molecule has 0 aromatic heterocycles. The zero-order chi connectivity index (χ0) is 8.43. The normalized spacial score (nSPS) is 25.5. The van der Waals surface area contributed by atoms with Crippen molar-refractivity contribution in [2.75, 3.05) is 0 Å². The van der Waals surface area contributed by atoms with E-state index in [0.717, 1.165) is 0 Å². The molecule has 1 heterocycles. The fourth-order valence-electron chi connectivity index (χ4n) is 1.08. The predicted molar refractivity (Wildman–Crippen MR) is 39.0 cm³/mol. The molecule has 0 aliphatic carbocycles. The predicted octanol–water partition coefficient (Wildman–Crippen LogP) is 0.917. The molecule has 11 heavy (non-hydrogen) atoms. The zero-order valence-corrected chi connectivity index (χ0v) is 6.79. The lowest BCUT2D eigenvalue weighted by molar-refractivity contribution is -0.160. The largest absolute Gasteiger partial charge is 0.461 e. The summed E-state index contributed by atoms with van der Waals surface area (Å²) in [7, 11) is 0. The number of carbonyl (C=O) groups excluding carboxylic acids is 2. The maximum Gasteiger partial charge on any atom is 0.313 e. The van der Waals surface area contributed by atoms with Gasteiger partial charge >= 0.3 is 5.97 Å². The minimum absolute atomic E-state index is 0.0000463. The van der Waals surface area contributed by atoms with Crippen LogP contribution in [0, 0.1) is 5.92 Å². The van der Waals surface area contributed by atoms with Gasteiger partial charge in [-0.05, 0) is 5.92 Å². The Morgan fingerprint density at radius 2 is 2.09 bits per heavy atom. The fraction of sp³-hybridized carbons (Fsp3) is 0.750. The highest BCUT2D eigenvalue weighted by atomic mass is 16.5. The van der Waals surface area contributed by atoms with Crippen molar-refractivity contribution in [2.45, 2.75) is 32.8 Å². The maximum absolute atomic E-state index is 10.9. The number of ketones is 1. The summed E-state index contributed by atoms with van der Waals surface area (Å²) in [6, 6.07) is 0. The standard InChI is InChI=1S/C8H12O3/c1-5(2)7-3-6(9)4-8(10)11-7/h5,7H,3-4H2,1-2H3. The van der Waals surface area contributed by atoms with Gasteiger partial charge < -0.3 is 4.74 Å². The molecular weight excluding hydrogens is 144 g/mol. The highest BCUT2D eigenvalue weighted by molar-refractivity contribution is 5.97. The van der Waals surface area contributed by atoms with E-state index in [2.05, 4.69) is 0 Å². The average molecular weight is 156 g/mol. The van der Waals surface area contributed by atoms with E-state index < -0.39 is 0 Å². The fourth-order valence-corrected chi connectivity index (χ4v) is 1.08. The van der Waals surface area contributed by atoms with Gasteiger partial charge in [0.25, 0.3) is 0 Å². The van der Waals surface area contributed by atoms with E-state index in [1.165, 1.54) is 0 Å². The van der Waals surface area contributed by atoms with E-state index in [1.807, 2.05) is 13.8 Å². The zero-order valence-electron chi connectivity index (χ0n) is 6.79. The molecule has 62 valence electrons. The number of hydrogen-bond acceptors (Lipinski definition) is 3. The Bertz CT molecular complexity index is 168. The van der Waals surface area contributed by atoms with Crippen LogP contribution in [0.3, 0.4) is 0 Å². The van der Waals surface area contributed by atoms with E-state index in [4.69, 9.17) is 4.74 Å². The van der Waals surface area contributed by atoms with Gasteiger partial charge in [0.15, 0.2) is 0 Å². The smallest absolute Gasteiger partial charge is 0.313 e. The Kier molecular flexibility index (Phi) is 2.27. The highest BCUT2D eigenvalue weighted by Crippen LogP contribution is 2.17. The molecule has 1 aliphatic rings. The summed E-state index contributed by atoms with van der Waals surface area (Å²) in [6.45, 7) is 3.88. The summed E-state index contributed by atoms with van der Waals surface area (Å²) in [6.07, 6.45) is 0.163. The van der Waals surface area contributed by atoms with Gasteiger partial charge in [0.1, 0.15) is 18.3 Å². The van der Waals surface area contributed by atoms with E-state index in [1.54, 1.807) is 0 Å². The van der Waals surface area contributed by atoms with Crippen LogP contribution in [0.1, 0.15) is 26.7 Å². The van der Waals surface area contributed by atoms with E-state index >= 15 is 0 Å². The quantitative estimate of drug-likeness (QED) is 0.418. The second-order valence-electron chi connectivity index (χ2n) is 3.19. The first-order valence-electron chi connectivity index (χ1n) is 3.81. The summed E-state index contributed by atoms with van der Waals surface area (Å²) in [5.74, 6) is -0.136. The lowest BCUT2D eigenvalue weighted by Crippen LogP contribution is -2.33. The molecule has 0 aromatic carbocycles. The molecule has 3 nitrogen and oxygen atoms in total. The molecule has 1 aliphatic heterocycles.